The van der Waals surface area contributed by atoms with Crippen LogP contribution in [-0.2, 0) is 31.8 Å². The van der Waals surface area contributed by atoms with Gasteiger partial charge in [0.25, 0.3) is 5.97 Å². The number of carbonyl (C=O) groups excluding carboxylic acids is 2. The largest absolute Gasteiger partial charge is 0.540 e. The number of rotatable bonds is 20. The van der Waals surface area contributed by atoms with Crippen LogP contribution in [0.2, 0.25) is 6.82 Å². The molecule has 0 aliphatic carbocycles. The fraction of sp³-hybridized carbons (Fsp3) is 0.537. The van der Waals surface area contributed by atoms with Gasteiger partial charge in [-0.25, -0.2) is 4.79 Å². The van der Waals surface area contributed by atoms with Crippen LogP contribution in [0.1, 0.15) is 103 Å². The van der Waals surface area contributed by atoms with Crippen molar-refractivity contribution in [3.05, 3.63) is 95.8 Å². The summed E-state index contributed by atoms with van der Waals surface area (Å²) in [6, 6.07) is 17.0. The van der Waals surface area contributed by atoms with E-state index in [-0.39, 0.29) is 23.7 Å². The van der Waals surface area contributed by atoms with Crippen LogP contribution >= 0.6 is 21.6 Å². The lowest BCUT2D eigenvalue weighted by atomic mass is 9.93. The Bertz CT molecular complexity index is 1290. The van der Waals surface area contributed by atoms with Crippen molar-refractivity contribution in [2.75, 3.05) is 11.5 Å². The van der Waals surface area contributed by atoms with E-state index < -0.39 is 12.0 Å². The Morgan fingerprint density at radius 3 is 1.73 bits per heavy atom. The first-order chi connectivity index (χ1) is 23.2. The number of hydrogen-bond donors (Lipinski definition) is 0. The normalized spacial score (nSPS) is 14.3. The molecule has 0 saturated heterocycles. The van der Waals surface area contributed by atoms with Crippen LogP contribution < -0.4 is 0 Å². The zero-order chi connectivity index (χ0) is 36.9. The summed E-state index contributed by atoms with van der Waals surface area (Å²) in [5.74, 6) is 2.84. The fourth-order valence-electron chi connectivity index (χ4n) is 4.85. The van der Waals surface area contributed by atoms with Gasteiger partial charge in [-0.05, 0) is 71.6 Å². The number of ether oxygens (including phenoxy) is 1. The molecule has 2 aromatic carbocycles. The summed E-state index contributed by atoms with van der Waals surface area (Å²) in [4.78, 5) is 29.5. The Hall–Kier alpha value is -2.71. The number of hydrogen-bond acceptors (Lipinski definition) is 7. The van der Waals surface area contributed by atoms with Gasteiger partial charge in [0.1, 0.15) is 0 Å². The minimum atomic E-state index is -0.625. The topological polar surface area (TPSA) is 65.0 Å². The molecule has 5 unspecified atom stereocenters. The highest BCUT2D eigenvalue weighted by Crippen LogP contribution is 2.30. The summed E-state index contributed by atoms with van der Waals surface area (Å²) in [6.07, 6.45) is 6.72. The van der Waals surface area contributed by atoms with Crippen LogP contribution in [0.15, 0.2) is 78.5 Å². The van der Waals surface area contributed by atoms with Crippen molar-refractivity contribution in [2.24, 2.45) is 28.7 Å². The molecular formula is C41H62BNO4S2. The summed E-state index contributed by atoms with van der Waals surface area (Å²) >= 11 is 0. The highest BCUT2D eigenvalue weighted by atomic mass is 33.1. The number of aliphatic imine (C=N–C) groups is 1. The lowest BCUT2D eigenvalue weighted by molar-refractivity contribution is -0.140. The molecule has 0 saturated carbocycles. The van der Waals surface area contributed by atoms with Crippen LogP contribution in [0.4, 0.5) is 0 Å². The maximum atomic E-state index is 12.6. The first-order valence-corrected chi connectivity index (χ1v) is 20.3. The van der Waals surface area contributed by atoms with Crippen LogP contribution in [-0.4, -0.2) is 43.2 Å². The van der Waals surface area contributed by atoms with Crippen LogP contribution in [0.25, 0.3) is 0 Å². The zero-order valence-corrected chi connectivity index (χ0v) is 33.5. The van der Waals surface area contributed by atoms with Gasteiger partial charge in [0, 0.05) is 17.7 Å². The molecule has 8 heteroatoms. The van der Waals surface area contributed by atoms with Crippen molar-refractivity contribution < 1.29 is 19.0 Å². The molecule has 0 radical (unpaired) electrons. The van der Waals surface area contributed by atoms with Gasteiger partial charge in [-0.1, -0.05) is 151 Å². The molecular weight excluding hydrogens is 645 g/mol. The molecule has 0 aliphatic rings. The lowest BCUT2D eigenvalue weighted by Gasteiger charge is -2.21. The van der Waals surface area contributed by atoms with Gasteiger partial charge in [-0.15, -0.1) is 6.58 Å². The minimum Gasteiger partial charge on any atom is -0.540 e. The Morgan fingerprint density at radius 2 is 1.31 bits per heavy atom. The first-order valence-electron chi connectivity index (χ1n) is 17.8. The van der Waals surface area contributed by atoms with Crippen LogP contribution in [0.5, 0.6) is 0 Å². The Morgan fingerprint density at radius 1 is 0.816 bits per heavy atom. The minimum absolute atomic E-state index is 0.151. The van der Waals surface area contributed by atoms with Crippen molar-refractivity contribution in [1.29, 1.82) is 0 Å². The maximum Gasteiger partial charge on any atom is 0.340 e. The zero-order valence-electron chi connectivity index (χ0n) is 31.9. The summed E-state index contributed by atoms with van der Waals surface area (Å²) < 4.78 is 10.5. The molecule has 0 bridgehead atoms. The van der Waals surface area contributed by atoms with E-state index in [1.165, 1.54) is 33.0 Å². The third kappa shape index (κ3) is 18.2. The van der Waals surface area contributed by atoms with E-state index in [1.54, 1.807) is 17.7 Å². The van der Waals surface area contributed by atoms with Crippen molar-refractivity contribution in [1.82, 2.24) is 0 Å². The van der Waals surface area contributed by atoms with Gasteiger partial charge >= 0.3 is 13.5 Å². The first kappa shape index (κ1) is 44.3. The predicted molar refractivity (Wildman–Crippen MR) is 217 cm³/mol. The average molecular weight is 708 g/mol. The number of benzene rings is 2. The standard InChI is InChI=1S/C27H42BNO4S2.C14H20/c1-9-21(7)24(26(30)33-28-8)16-34-35-17-25(27(31)32-19(4)5)29-15-20(6)14-22-10-12-23(13-11-22)18(2)3;1-5-12(4)10-13-6-8-14(9-7-13)11(2)3/h10-13,15,18,20-21,24-25,28H,4,9,14,16-17H2,1-3,5-8H3;5-9,11-12H,1,10H2,2-4H3. The summed E-state index contributed by atoms with van der Waals surface area (Å²) in [5.41, 5.74) is 5.39. The third-order valence-corrected chi connectivity index (χ3v) is 10.8. The molecule has 0 aliphatic heterocycles. The van der Waals surface area contributed by atoms with E-state index in [1.807, 2.05) is 19.1 Å². The average Bonchev–Trinajstić information content (AvgIpc) is 3.06. The van der Waals surface area contributed by atoms with E-state index in [0.717, 1.165) is 19.3 Å². The number of nitrogens with zero attached hydrogens (tertiary/aromatic N) is 1. The van der Waals surface area contributed by atoms with Crippen LogP contribution in [0, 0.1) is 23.7 Å². The number of carbonyl (C=O) groups is 2. The molecule has 0 fully saturated rings. The number of allylic oxidation sites excluding steroid dienone is 2. The molecule has 5 nitrogen and oxygen atoms in total. The molecule has 0 aromatic heterocycles. The van der Waals surface area contributed by atoms with Gasteiger partial charge in [0.05, 0.1) is 11.7 Å². The molecule has 0 heterocycles. The van der Waals surface area contributed by atoms with Crippen molar-refractivity contribution in [3.8, 4) is 0 Å². The summed E-state index contributed by atoms with van der Waals surface area (Å²) in [5, 5.41) is 0. The SMILES string of the molecule is C=C(C)OC(=O)C(CSSCC(C(=O)OBC)C(C)CC)N=CC(C)Cc1ccc(C(C)C)cc1.C=CC(C)Cc1ccc(C(C)C)cc1. The van der Waals surface area contributed by atoms with Crippen LogP contribution in [0.3, 0.4) is 0 Å². The summed E-state index contributed by atoms with van der Waals surface area (Å²) in [7, 11) is 3.49. The van der Waals surface area contributed by atoms with Crippen molar-refractivity contribution in [2.45, 2.75) is 106 Å². The smallest absolute Gasteiger partial charge is 0.340 e. The number of esters is 1. The fourth-order valence-corrected chi connectivity index (χ4v) is 7.41. The van der Waals surface area contributed by atoms with E-state index >= 15 is 0 Å². The van der Waals surface area contributed by atoms with Crippen molar-refractivity contribution in [3.63, 3.8) is 0 Å². The Balaban J connectivity index is 0.000000710. The molecule has 2 rings (SSSR count). The Labute approximate surface area is 307 Å². The quantitative estimate of drug-likeness (QED) is 0.0260. The monoisotopic (exact) mass is 707 g/mol. The maximum absolute atomic E-state index is 12.6. The lowest BCUT2D eigenvalue weighted by Crippen LogP contribution is -2.27. The van der Waals surface area contributed by atoms with Gasteiger partial charge in [-0.2, -0.15) is 0 Å². The second-order valence-corrected chi connectivity index (χ2v) is 16.2. The van der Waals surface area contributed by atoms with Gasteiger partial charge in [-0.3, -0.25) is 9.79 Å². The molecule has 0 N–H and O–H groups in total. The third-order valence-electron chi connectivity index (χ3n) is 8.35. The van der Waals surface area contributed by atoms with E-state index in [9.17, 15) is 9.59 Å². The molecule has 5 atom stereocenters. The van der Waals surface area contributed by atoms with E-state index in [4.69, 9.17) is 9.39 Å². The molecule has 0 amide bonds. The predicted octanol–water partition coefficient (Wildman–Crippen LogP) is 10.7. The van der Waals surface area contributed by atoms with E-state index in [0.29, 0.717) is 42.5 Å². The summed E-state index contributed by atoms with van der Waals surface area (Å²) in [6.45, 7) is 28.2. The molecule has 2 aromatic rings. The van der Waals surface area contributed by atoms with Gasteiger partial charge in [0.15, 0.2) is 6.04 Å². The highest BCUT2D eigenvalue weighted by Gasteiger charge is 2.26. The Kier molecular flexibility index (Phi) is 22.1. The molecule has 49 heavy (non-hydrogen) atoms. The van der Waals surface area contributed by atoms with Crippen molar-refractivity contribution >= 4 is 47.2 Å². The van der Waals surface area contributed by atoms with Gasteiger partial charge in [0.2, 0.25) is 0 Å². The second kappa shape index (κ2) is 24.4. The second-order valence-electron chi connectivity index (χ2n) is 13.6. The highest BCUT2D eigenvalue weighted by molar-refractivity contribution is 8.76. The molecule has 0 spiro atoms. The van der Waals surface area contributed by atoms with E-state index in [2.05, 4.69) is 122 Å². The molecule has 270 valence electrons. The van der Waals surface area contributed by atoms with Gasteiger partial charge < -0.3 is 9.39 Å².